The van der Waals surface area contributed by atoms with Gasteiger partial charge in [0.25, 0.3) is 0 Å². The fraction of sp³-hybridized carbons (Fsp3) is 1.00. The average molecular weight is 169 g/mol. The third-order valence-corrected chi connectivity index (χ3v) is 2.95. The Morgan fingerprint density at radius 1 is 1.33 bits per heavy atom. The smallest absolute Gasteiger partial charge is 0.0621 e. The molecule has 0 aromatic rings. The number of nitrogens with zero attached hydrogens (tertiary/aromatic N) is 1. The second kappa shape index (κ2) is 3.75. The minimum absolute atomic E-state index is 0.748. The van der Waals surface area contributed by atoms with Crippen molar-refractivity contribution < 1.29 is 4.74 Å². The van der Waals surface area contributed by atoms with Gasteiger partial charge >= 0.3 is 0 Å². The molecule has 0 spiro atoms. The van der Waals surface area contributed by atoms with E-state index in [0.29, 0.717) is 0 Å². The van der Waals surface area contributed by atoms with Crippen molar-refractivity contribution in [2.45, 2.75) is 44.7 Å². The van der Waals surface area contributed by atoms with Crippen LogP contribution in [0.15, 0.2) is 0 Å². The quantitative estimate of drug-likeness (QED) is 0.634. The molecular formula is C10H19NO. The molecule has 1 aliphatic heterocycles. The van der Waals surface area contributed by atoms with E-state index in [1.807, 2.05) is 0 Å². The summed E-state index contributed by atoms with van der Waals surface area (Å²) in [6.45, 7) is 5.24. The fourth-order valence-electron chi connectivity index (χ4n) is 2.18. The first-order valence-corrected chi connectivity index (χ1v) is 5.25. The molecule has 2 rings (SSSR count). The molecule has 0 bridgehead atoms. The first-order chi connectivity index (χ1) is 5.92. The molecule has 0 aromatic heterocycles. The van der Waals surface area contributed by atoms with Gasteiger partial charge in [-0.3, -0.25) is 4.90 Å². The Morgan fingerprint density at radius 2 is 2.17 bits per heavy atom. The zero-order chi connectivity index (χ0) is 8.39. The average Bonchev–Trinajstić information content (AvgIpc) is 2.83. The molecule has 0 aromatic carbocycles. The Kier molecular flexibility index (Phi) is 2.66. The number of likely N-dealkylation sites (tertiary alicyclic amines) is 1. The normalized spacial score (nSPS) is 31.2. The Balaban J connectivity index is 1.78. The van der Waals surface area contributed by atoms with Crippen molar-refractivity contribution in [1.29, 1.82) is 0 Å². The monoisotopic (exact) mass is 169 g/mol. The van der Waals surface area contributed by atoms with E-state index in [4.69, 9.17) is 4.74 Å². The Hall–Kier alpha value is -0.0800. The van der Waals surface area contributed by atoms with E-state index < -0.39 is 0 Å². The summed E-state index contributed by atoms with van der Waals surface area (Å²) >= 11 is 0. The minimum atomic E-state index is 0.748. The molecular weight excluding hydrogens is 150 g/mol. The summed E-state index contributed by atoms with van der Waals surface area (Å²) in [6.07, 6.45) is 5.61. The molecule has 12 heavy (non-hydrogen) atoms. The third kappa shape index (κ3) is 1.80. The number of rotatable bonds is 4. The van der Waals surface area contributed by atoms with Crippen molar-refractivity contribution in [3.8, 4) is 0 Å². The number of ether oxygens (including phenoxy) is 1. The van der Waals surface area contributed by atoms with Crippen LogP contribution >= 0.6 is 0 Å². The van der Waals surface area contributed by atoms with Gasteiger partial charge in [-0.2, -0.15) is 0 Å². The number of hydrogen-bond acceptors (Lipinski definition) is 2. The molecule has 2 nitrogen and oxygen atoms in total. The van der Waals surface area contributed by atoms with Crippen LogP contribution in [0.3, 0.4) is 0 Å². The molecule has 70 valence electrons. The highest BCUT2D eigenvalue weighted by molar-refractivity contribution is 4.92. The summed E-state index contributed by atoms with van der Waals surface area (Å²) in [5.41, 5.74) is 0. The van der Waals surface area contributed by atoms with Crippen LogP contribution in [0, 0.1) is 0 Å². The fourth-order valence-corrected chi connectivity index (χ4v) is 2.18. The molecule has 0 amide bonds. The number of hydrogen-bond donors (Lipinski definition) is 0. The van der Waals surface area contributed by atoms with Crippen LogP contribution in [0.4, 0.5) is 0 Å². The molecule has 0 N–H and O–H groups in total. The molecule has 2 aliphatic rings. The van der Waals surface area contributed by atoms with Gasteiger partial charge in [-0.25, -0.2) is 0 Å². The predicted octanol–water partition coefficient (Wildman–Crippen LogP) is 1.65. The zero-order valence-electron chi connectivity index (χ0n) is 7.96. The van der Waals surface area contributed by atoms with E-state index in [1.165, 1.54) is 32.2 Å². The first kappa shape index (κ1) is 8.52. The molecule has 1 saturated heterocycles. The molecule has 1 saturated carbocycles. The maximum Gasteiger partial charge on any atom is 0.0621 e. The van der Waals surface area contributed by atoms with Gasteiger partial charge in [0.15, 0.2) is 0 Å². The topological polar surface area (TPSA) is 12.5 Å². The van der Waals surface area contributed by atoms with Crippen molar-refractivity contribution in [3.63, 3.8) is 0 Å². The highest BCUT2D eigenvalue weighted by Crippen LogP contribution is 2.33. The minimum Gasteiger partial charge on any atom is -0.380 e. The van der Waals surface area contributed by atoms with Crippen molar-refractivity contribution >= 4 is 0 Å². The lowest BCUT2D eigenvalue weighted by Crippen LogP contribution is -2.34. The van der Waals surface area contributed by atoms with Crippen molar-refractivity contribution in [3.05, 3.63) is 0 Å². The van der Waals surface area contributed by atoms with Crippen LogP contribution in [0.2, 0.25) is 0 Å². The maximum absolute atomic E-state index is 5.48. The second-order valence-corrected chi connectivity index (χ2v) is 3.92. The van der Waals surface area contributed by atoms with Gasteiger partial charge in [-0.15, -0.1) is 0 Å². The lowest BCUT2D eigenvalue weighted by atomic mass is 10.2. The first-order valence-electron chi connectivity index (χ1n) is 5.25. The SMILES string of the molecule is CCOCC1CCCN1C1CC1. The van der Waals surface area contributed by atoms with Gasteiger partial charge in [-0.05, 0) is 39.2 Å². The standard InChI is InChI=1S/C10H19NO/c1-2-12-8-10-4-3-7-11(10)9-5-6-9/h9-10H,2-8H2,1H3. The van der Waals surface area contributed by atoms with Crippen molar-refractivity contribution in [2.24, 2.45) is 0 Å². The summed E-state index contributed by atoms with van der Waals surface area (Å²) in [4.78, 5) is 2.66. The van der Waals surface area contributed by atoms with Gasteiger partial charge in [0.2, 0.25) is 0 Å². The van der Waals surface area contributed by atoms with E-state index in [1.54, 1.807) is 0 Å². The summed E-state index contributed by atoms with van der Waals surface area (Å²) in [5, 5.41) is 0. The van der Waals surface area contributed by atoms with Crippen molar-refractivity contribution in [2.75, 3.05) is 19.8 Å². The van der Waals surface area contributed by atoms with Gasteiger partial charge in [0.1, 0.15) is 0 Å². The predicted molar refractivity (Wildman–Crippen MR) is 49.2 cm³/mol. The molecule has 1 unspecified atom stereocenters. The van der Waals surface area contributed by atoms with Crippen molar-refractivity contribution in [1.82, 2.24) is 4.90 Å². The second-order valence-electron chi connectivity index (χ2n) is 3.92. The van der Waals surface area contributed by atoms with Crippen LogP contribution in [0.25, 0.3) is 0 Å². The van der Waals surface area contributed by atoms with Gasteiger partial charge in [0.05, 0.1) is 6.61 Å². The largest absolute Gasteiger partial charge is 0.380 e. The third-order valence-electron chi connectivity index (χ3n) is 2.95. The van der Waals surface area contributed by atoms with Crippen LogP contribution in [0.5, 0.6) is 0 Å². The van der Waals surface area contributed by atoms with Crippen LogP contribution in [-0.2, 0) is 4.74 Å². The van der Waals surface area contributed by atoms with Crippen LogP contribution < -0.4 is 0 Å². The molecule has 2 heteroatoms. The zero-order valence-corrected chi connectivity index (χ0v) is 7.96. The molecule has 1 heterocycles. The maximum atomic E-state index is 5.48. The summed E-state index contributed by atoms with van der Waals surface area (Å²) in [6, 6.07) is 1.68. The van der Waals surface area contributed by atoms with E-state index in [-0.39, 0.29) is 0 Å². The highest BCUT2D eigenvalue weighted by atomic mass is 16.5. The van der Waals surface area contributed by atoms with Gasteiger partial charge in [-0.1, -0.05) is 0 Å². The highest BCUT2D eigenvalue weighted by Gasteiger charge is 2.36. The van der Waals surface area contributed by atoms with E-state index >= 15 is 0 Å². The lowest BCUT2D eigenvalue weighted by molar-refractivity contribution is 0.0821. The molecule has 1 atom stereocenters. The van der Waals surface area contributed by atoms with Gasteiger partial charge < -0.3 is 4.74 Å². The summed E-state index contributed by atoms with van der Waals surface area (Å²) in [5.74, 6) is 0. The van der Waals surface area contributed by atoms with E-state index in [9.17, 15) is 0 Å². The Bertz CT molecular complexity index is 145. The summed E-state index contributed by atoms with van der Waals surface area (Å²) in [7, 11) is 0. The molecule has 2 fully saturated rings. The summed E-state index contributed by atoms with van der Waals surface area (Å²) < 4.78 is 5.48. The van der Waals surface area contributed by atoms with Crippen LogP contribution in [0.1, 0.15) is 32.6 Å². The lowest BCUT2D eigenvalue weighted by Gasteiger charge is -2.23. The van der Waals surface area contributed by atoms with Crippen LogP contribution in [-0.4, -0.2) is 36.7 Å². The Labute approximate surface area is 74.9 Å². The molecule has 1 aliphatic carbocycles. The van der Waals surface area contributed by atoms with Gasteiger partial charge in [0, 0.05) is 18.7 Å². The van der Waals surface area contributed by atoms with E-state index in [0.717, 1.165) is 25.3 Å². The van der Waals surface area contributed by atoms with E-state index in [2.05, 4.69) is 11.8 Å². The molecule has 0 radical (unpaired) electrons. The Morgan fingerprint density at radius 3 is 2.83 bits per heavy atom.